The molecule has 170 valence electrons. The predicted molar refractivity (Wildman–Crippen MR) is 141 cm³/mol. The summed E-state index contributed by atoms with van der Waals surface area (Å²) < 4.78 is 0. The van der Waals surface area contributed by atoms with Crippen molar-refractivity contribution in [2.24, 2.45) is 4.99 Å². The van der Waals surface area contributed by atoms with Crippen LogP contribution in [0.3, 0.4) is 0 Å². The molecule has 0 aliphatic rings. The first-order valence-electron chi connectivity index (χ1n) is 10.1. The zero-order chi connectivity index (χ0) is 22.1. The fourth-order valence-electron chi connectivity index (χ4n) is 3.39. The molecule has 0 fully saturated rings. The average molecular weight is 535 g/mol. The van der Waals surface area contributed by atoms with Gasteiger partial charge in [-0.25, -0.2) is 4.99 Å². The van der Waals surface area contributed by atoms with Gasteiger partial charge in [0, 0.05) is 39.8 Å². The van der Waals surface area contributed by atoms with Crippen molar-refractivity contribution in [3.05, 3.63) is 102 Å². The Hall–Kier alpha value is -2.35. The Labute approximate surface area is 209 Å². The van der Waals surface area contributed by atoms with E-state index in [2.05, 4.69) is 101 Å². The van der Waals surface area contributed by atoms with Crippen molar-refractivity contribution in [1.29, 1.82) is 5.26 Å². The number of para-hydroxylation sites is 1. The summed E-state index contributed by atoms with van der Waals surface area (Å²) in [6.07, 6.45) is 0. The SMILES string of the molecule is C/C(=[PH+]\c1c(C)cc(C)cc1C)C(=Nc1ccccc1C)c1ccccc1.CC#N.[CH3-].[Pd]. The standard InChI is InChI=1S/C25H26NP.C2H3N.CH3.Pd/c1-17-15-19(3)25(20(4)16-17)27-21(5)24(22-12-7-6-8-13-22)26-23-14-10-9-11-18(23)2;1-2-3;;/h6-16H,1-5H3;1H3;1H3;/q;;-1;/p+1. The summed E-state index contributed by atoms with van der Waals surface area (Å²) in [6, 6.07) is 25.2. The van der Waals surface area contributed by atoms with Crippen molar-refractivity contribution < 1.29 is 20.4 Å². The van der Waals surface area contributed by atoms with E-state index < -0.39 is 0 Å². The third-order valence-corrected chi connectivity index (χ3v) is 6.39. The van der Waals surface area contributed by atoms with E-state index in [1.54, 1.807) is 6.07 Å². The summed E-state index contributed by atoms with van der Waals surface area (Å²) in [4.78, 5) is 5.09. The van der Waals surface area contributed by atoms with E-state index in [1.165, 1.54) is 45.3 Å². The first kappa shape index (κ1) is 29.7. The normalized spacial score (nSPS) is 10.7. The van der Waals surface area contributed by atoms with Crippen LogP contribution in [0.2, 0.25) is 0 Å². The Kier molecular flexibility index (Phi) is 13.6. The molecule has 0 saturated carbocycles. The maximum Gasteiger partial charge on any atom is 0.152 e. The molecule has 3 aromatic rings. The quantitative estimate of drug-likeness (QED) is 0.151. The van der Waals surface area contributed by atoms with Crippen LogP contribution < -0.4 is 5.30 Å². The molecule has 0 aliphatic carbocycles. The number of hydrogen-bond donors (Lipinski definition) is 0. The number of aryl methyl sites for hydroxylation is 4. The third kappa shape index (κ3) is 8.30. The maximum atomic E-state index is 7.32. The van der Waals surface area contributed by atoms with Crippen molar-refractivity contribution in [2.75, 3.05) is 0 Å². The van der Waals surface area contributed by atoms with Gasteiger partial charge in [-0.2, -0.15) is 5.26 Å². The maximum absolute atomic E-state index is 7.32. The molecule has 0 spiro atoms. The second kappa shape index (κ2) is 14.7. The molecule has 2 nitrogen and oxygen atoms in total. The third-order valence-electron chi connectivity index (χ3n) is 4.74. The number of hydrogen-bond acceptors (Lipinski definition) is 2. The molecular formula is C28H33N2PPd. The molecule has 0 saturated heterocycles. The smallest absolute Gasteiger partial charge is 0.152 e. The van der Waals surface area contributed by atoms with E-state index in [4.69, 9.17) is 10.3 Å². The molecule has 0 aliphatic heterocycles. The number of nitrogens with zero attached hydrogens (tertiary/aromatic N) is 2. The van der Waals surface area contributed by atoms with Gasteiger partial charge in [0.1, 0.15) is 19.2 Å². The van der Waals surface area contributed by atoms with Crippen molar-refractivity contribution in [1.82, 2.24) is 0 Å². The van der Waals surface area contributed by atoms with Crippen molar-refractivity contribution >= 4 is 30.2 Å². The minimum atomic E-state index is 0. The summed E-state index contributed by atoms with van der Waals surface area (Å²) >= 11 is 0. The number of rotatable bonds is 4. The second-order valence-corrected chi connectivity index (χ2v) is 8.86. The summed E-state index contributed by atoms with van der Waals surface area (Å²) in [7, 11) is 0.613. The molecule has 0 amide bonds. The van der Waals surface area contributed by atoms with Crippen LogP contribution >= 0.6 is 8.20 Å². The molecule has 1 unspecified atom stereocenters. The van der Waals surface area contributed by atoms with Crippen LogP contribution in [0.5, 0.6) is 0 Å². The molecule has 0 radical (unpaired) electrons. The Morgan fingerprint density at radius 2 is 1.34 bits per heavy atom. The summed E-state index contributed by atoms with van der Waals surface area (Å²) in [5.74, 6) is 0. The van der Waals surface area contributed by atoms with Crippen molar-refractivity contribution in [3.63, 3.8) is 0 Å². The van der Waals surface area contributed by atoms with Crippen LogP contribution in [0.25, 0.3) is 0 Å². The minimum Gasteiger partial charge on any atom is -0.358 e. The molecule has 3 rings (SSSR count). The topological polar surface area (TPSA) is 36.1 Å². The van der Waals surface area contributed by atoms with Gasteiger partial charge in [-0.05, 0) is 50.5 Å². The Morgan fingerprint density at radius 1 is 0.844 bits per heavy atom. The largest absolute Gasteiger partial charge is 0.358 e. The first-order chi connectivity index (χ1) is 14.4. The predicted octanol–water partition coefficient (Wildman–Crippen LogP) is 7.22. The van der Waals surface area contributed by atoms with Gasteiger partial charge in [0.05, 0.1) is 11.8 Å². The monoisotopic (exact) mass is 534 g/mol. The van der Waals surface area contributed by atoms with E-state index in [9.17, 15) is 0 Å². The van der Waals surface area contributed by atoms with Gasteiger partial charge >= 0.3 is 0 Å². The van der Waals surface area contributed by atoms with Gasteiger partial charge in [-0.15, -0.1) is 0 Å². The van der Waals surface area contributed by atoms with Gasteiger partial charge in [-0.3, -0.25) is 0 Å². The van der Waals surface area contributed by atoms with Gasteiger partial charge in [-0.1, -0.05) is 66.2 Å². The summed E-state index contributed by atoms with van der Waals surface area (Å²) in [5, 5.41) is 10.1. The molecule has 0 bridgehead atoms. The molecule has 3 aromatic carbocycles. The van der Waals surface area contributed by atoms with Crippen LogP contribution in [0, 0.1) is 46.5 Å². The second-order valence-electron chi connectivity index (χ2n) is 7.36. The molecule has 0 N–H and O–H groups in total. The minimum absolute atomic E-state index is 0. The van der Waals surface area contributed by atoms with Crippen LogP contribution in [0.15, 0.2) is 71.7 Å². The van der Waals surface area contributed by atoms with Gasteiger partial charge in [0.15, 0.2) is 5.30 Å². The van der Waals surface area contributed by atoms with Gasteiger partial charge in [0.25, 0.3) is 0 Å². The Balaban J connectivity index is 0.00000182. The molecular weight excluding hydrogens is 502 g/mol. The molecule has 32 heavy (non-hydrogen) atoms. The molecule has 1 atom stereocenters. The van der Waals surface area contributed by atoms with Crippen LogP contribution in [-0.2, 0) is 20.4 Å². The fraction of sp³-hybridized carbons (Fsp3) is 0.214. The molecule has 4 heteroatoms. The van der Waals surface area contributed by atoms with Crippen LogP contribution in [0.1, 0.15) is 41.7 Å². The zero-order valence-corrected chi connectivity index (χ0v) is 22.6. The first-order valence-corrected chi connectivity index (χ1v) is 11.1. The van der Waals surface area contributed by atoms with E-state index in [0.29, 0.717) is 8.20 Å². The van der Waals surface area contributed by atoms with Crippen molar-refractivity contribution in [2.45, 2.75) is 41.5 Å². The summed E-state index contributed by atoms with van der Waals surface area (Å²) in [6.45, 7) is 12.4. The van der Waals surface area contributed by atoms with Crippen molar-refractivity contribution in [3.8, 4) is 6.07 Å². The Morgan fingerprint density at radius 3 is 1.88 bits per heavy atom. The van der Waals surface area contributed by atoms with Crippen LogP contribution in [0.4, 0.5) is 5.69 Å². The van der Waals surface area contributed by atoms with E-state index in [-0.39, 0.29) is 27.8 Å². The van der Waals surface area contributed by atoms with E-state index in [1.807, 2.05) is 0 Å². The number of nitriles is 1. The Bertz CT molecular complexity index is 1090. The molecule has 0 aromatic heterocycles. The van der Waals surface area contributed by atoms with Gasteiger partial charge < -0.3 is 7.43 Å². The van der Waals surface area contributed by atoms with E-state index >= 15 is 0 Å². The summed E-state index contributed by atoms with van der Waals surface area (Å²) in [5.41, 5.74) is 8.56. The van der Waals surface area contributed by atoms with E-state index in [0.717, 1.165) is 11.4 Å². The van der Waals surface area contributed by atoms with Crippen LogP contribution in [-0.4, -0.2) is 11.0 Å². The zero-order valence-electron chi connectivity index (χ0n) is 20.1. The number of aliphatic imine (C=N–C) groups is 1. The average Bonchev–Trinajstić information content (AvgIpc) is 2.71. The number of benzene rings is 3. The molecule has 0 heterocycles. The van der Waals surface area contributed by atoms with Gasteiger partial charge in [0.2, 0.25) is 0 Å². The fourth-order valence-corrected chi connectivity index (χ4v) is 4.63.